The molecule has 176 valence electrons. The van der Waals surface area contributed by atoms with Crippen LogP contribution >= 0.6 is 0 Å². The van der Waals surface area contributed by atoms with E-state index in [1.165, 1.54) is 12.1 Å². The molecular weight excluding hydrogens is 433 g/mol. The third kappa shape index (κ3) is 4.15. The summed E-state index contributed by atoms with van der Waals surface area (Å²) < 4.78 is 16.9. The molecule has 1 unspecified atom stereocenters. The van der Waals surface area contributed by atoms with E-state index in [1.807, 2.05) is 0 Å². The van der Waals surface area contributed by atoms with Crippen molar-refractivity contribution in [3.63, 3.8) is 0 Å². The molecule has 2 aromatic heterocycles. The van der Waals surface area contributed by atoms with Gasteiger partial charge in [0.1, 0.15) is 17.9 Å². The van der Waals surface area contributed by atoms with E-state index in [0.717, 1.165) is 17.8 Å². The van der Waals surface area contributed by atoms with Gasteiger partial charge in [-0.1, -0.05) is 6.07 Å². The SMILES string of the molecule is CC(c1ccc(F)cc1CC#N)N1C[C@H](C)N(c2cc(=O)n(C)c3cn(CC#N)nc23)C[C@H]1C. The second-order valence-corrected chi connectivity index (χ2v) is 9.05. The molecule has 3 heterocycles. The molecule has 0 saturated carbocycles. The number of piperazine rings is 1. The second kappa shape index (κ2) is 9.28. The van der Waals surface area contributed by atoms with E-state index in [4.69, 9.17) is 5.26 Å². The molecule has 0 bridgehead atoms. The quantitative estimate of drug-likeness (QED) is 0.580. The largest absolute Gasteiger partial charge is 0.364 e. The maximum Gasteiger partial charge on any atom is 0.252 e. The Morgan fingerprint density at radius 1 is 1.18 bits per heavy atom. The van der Waals surface area contributed by atoms with Crippen molar-refractivity contribution in [2.45, 2.75) is 51.9 Å². The van der Waals surface area contributed by atoms with Crippen molar-refractivity contribution in [3.8, 4) is 12.1 Å². The number of halogens is 1. The summed E-state index contributed by atoms with van der Waals surface area (Å²) in [6.07, 6.45) is 1.90. The lowest BCUT2D eigenvalue weighted by Gasteiger charge is -2.48. The Bertz CT molecular complexity index is 1360. The fraction of sp³-hybridized carbons (Fsp3) is 0.440. The topological polar surface area (TPSA) is 93.9 Å². The summed E-state index contributed by atoms with van der Waals surface area (Å²) in [4.78, 5) is 17.3. The van der Waals surface area contributed by atoms with Gasteiger partial charge in [0.05, 0.1) is 36.0 Å². The van der Waals surface area contributed by atoms with E-state index in [9.17, 15) is 14.4 Å². The van der Waals surface area contributed by atoms with E-state index >= 15 is 0 Å². The summed E-state index contributed by atoms with van der Waals surface area (Å²) >= 11 is 0. The Balaban J connectivity index is 1.67. The lowest BCUT2D eigenvalue weighted by molar-refractivity contribution is 0.119. The number of aromatic nitrogens is 3. The molecule has 0 aliphatic carbocycles. The molecule has 1 aliphatic rings. The fourth-order valence-electron chi connectivity index (χ4n) is 5.04. The molecule has 34 heavy (non-hydrogen) atoms. The first-order valence-corrected chi connectivity index (χ1v) is 11.4. The zero-order chi connectivity index (χ0) is 24.6. The zero-order valence-corrected chi connectivity index (χ0v) is 19.9. The van der Waals surface area contributed by atoms with E-state index in [-0.39, 0.29) is 42.5 Å². The minimum absolute atomic E-state index is 0.00190. The predicted octanol–water partition coefficient (Wildman–Crippen LogP) is 3.12. The van der Waals surface area contributed by atoms with Crippen LogP contribution in [-0.2, 0) is 20.0 Å². The zero-order valence-electron chi connectivity index (χ0n) is 19.9. The van der Waals surface area contributed by atoms with Crippen molar-refractivity contribution in [1.82, 2.24) is 19.2 Å². The normalized spacial score (nSPS) is 19.7. The molecule has 0 N–H and O–H groups in total. The van der Waals surface area contributed by atoms with Gasteiger partial charge in [0.25, 0.3) is 5.56 Å². The highest BCUT2D eigenvalue weighted by atomic mass is 19.1. The predicted molar refractivity (Wildman–Crippen MR) is 128 cm³/mol. The van der Waals surface area contributed by atoms with Crippen molar-refractivity contribution >= 4 is 16.7 Å². The van der Waals surface area contributed by atoms with Gasteiger partial charge in [-0.05, 0) is 44.0 Å². The van der Waals surface area contributed by atoms with Crippen LogP contribution < -0.4 is 10.5 Å². The Morgan fingerprint density at radius 2 is 1.94 bits per heavy atom. The van der Waals surface area contributed by atoms with E-state index in [0.29, 0.717) is 23.1 Å². The Hall–Kier alpha value is -3.69. The fourth-order valence-corrected chi connectivity index (χ4v) is 5.04. The van der Waals surface area contributed by atoms with Crippen molar-refractivity contribution in [2.75, 3.05) is 18.0 Å². The number of fused-ring (bicyclic) bond motifs is 1. The third-order valence-corrected chi connectivity index (χ3v) is 6.84. The van der Waals surface area contributed by atoms with Gasteiger partial charge in [0.2, 0.25) is 0 Å². The minimum Gasteiger partial charge on any atom is -0.364 e. The van der Waals surface area contributed by atoms with Crippen molar-refractivity contribution < 1.29 is 4.39 Å². The molecular formula is C25H28FN7O. The molecule has 1 fully saturated rings. The average Bonchev–Trinajstić information content (AvgIpc) is 3.22. The lowest BCUT2D eigenvalue weighted by Crippen LogP contribution is -2.57. The molecule has 1 aromatic carbocycles. The highest BCUT2D eigenvalue weighted by Gasteiger charge is 2.34. The van der Waals surface area contributed by atoms with Crippen molar-refractivity contribution in [3.05, 3.63) is 57.8 Å². The van der Waals surface area contributed by atoms with Gasteiger partial charge >= 0.3 is 0 Å². The highest BCUT2D eigenvalue weighted by molar-refractivity contribution is 5.88. The number of benzene rings is 1. The maximum atomic E-state index is 13.8. The van der Waals surface area contributed by atoms with Gasteiger partial charge < -0.3 is 9.47 Å². The summed E-state index contributed by atoms with van der Waals surface area (Å²) in [7, 11) is 1.71. The third-order valence-electron chi connectivity index (χ3n) is 6.84. The molecule has 3 atom stereocenters. The molecule has 1 aliphatic heterocycles. The van der Waals surface area contributed by atoms with E-state index in [2.05, 4.69) is 47.8 Å². The molecule has 3 aromatic rings. The smallest absolute Gasteiger partial charge is 0.252 e. The number of nitrogens with zero attached hydrogens (tertiary/aromatic N) is 7. The van der Waals surface area contributed by atoms with Gasteiger partial charge in [0, 0.05) is 44.3 Å². The number of pyridine rings is 1. The second-order valence-electron chi connectivity index (χ2n) is 9.05. The van der Waals surface area contributed by atoms with E-state index < -0.39 is 0 Å². The molecule has 4 rings (SSSR count). The Kier molecular flexibility index (Phi) is 6.41. The van der Waals surface area contributed by atoms with Gasteiger partial charge in [-0.15, -0.1) is 0 Å². The number of hydrogen-bond donors (Lipinski definition) is 0. The van der Waals surface area contributed by atoms with Crippen LogP contribution in [0.2, 0.25) is 0 Å². The van der Waals surface area contributed by atoms with Crippen LogP contribution in [0.25, 0.3) is 11.0 Å². The number of nitriles is 2. The Morgan fingerprint density at radius 3 is 2.65 bits per heavy atom. The molecule has 9 heteroatoms. The number of anilines is 1. The summed E-state index contributed by atoms with van der Waals surface area (Å²) in [5.74, 6) is -0.335. The van der Waals surface area contributed by atoms with Gasteiger partial charge in [-0.2, -0.15) is 15.6 Å². The number of aryl methyl sites for hydroxylation is 1. The van der Waals surface area contributed by atoms with Crippen molar-refractivity contribution in [2.24, 2.45) is 7.05 Å². The maximum absolute atomic E-state index is 13.8. The first kappa shape index (κ1) is 23.5. The van der Waals surface area contributed by atoms with Crippen molar-refractivity contribution in [1.29, 1.82) is 10.5 Å². The first-order chi connectivity index (χ1) is 16.2. The molecule has 8 nitrogen and oxygen atoms in total. The van der Waals surface area contributed by atoms with Crippen LogP contribution in [0.5, 0.6) is 0 Å². The van der Waals surface area contributed by atoms with Crippen LogP contribution in [-0.4, -0.2) is 44.4 Å². The monoisotopic (exact) mass is 461 g/mol. The minimum atomic E-state index is -0.335. The van der Waals surface area contributed by atoms with Gasteiger partial charge in [-0.25, -0.2) is 4.39 Å². The average molecular weight is 462 g/mol. The summed E-state index contributed by atoms with van der Waals surface area (Å²) in [6, 6.07) is 10.8. The Labute approximate surface area is 198 Å². The highest BCUT2D eigenvalue weighted by Crippen LogP contribution is 2.33. The van der Waals surface area contributed by atoms with Gasteiger partial charge in [0.15, 0.2) is 0 Å². The summed E-state index contributed by atoms with van der Waals surface area (Å²) in [5, 5.41) is 22.9. The first-order valence-electron chi connectivity index (χ1n) is 11.4. The van der Waals surface area contributed by atoms with Crippen LogP contribution in [0.3, 0.4) is 0 Å². The van der Waals surface area contributed by atoms with Crippen LogP contribution in [0.15, 0.2) is 35.3 Å². The lowest BCUT2D eigenvalue weighted by atomic mass is 9.95. The van der Waals surface area contributed by atoms with Crippen LogP contribution in [0.1, 0.15) is 37.9 Å². The molecule has 0 radical (unpaired) electrons. The molecule has 1 saturated heterocycles. The van der Waals surface area contributed by atoms with E-state index in [1.54, 1.807) is 34.6 Å². The van der Waals surface area contributed by atoms with Gasteiger partial charge in [-0.3, -0.25) is 14.4 Å². The summed E-state index contributed by atoms with van der Waals surface area (Å²) in [6.45, 7) is 7.85. The standard InChI is InChI=1S/C25H28FN7O/c1-16-14-33(22-12-24(34)30(4)23-15-31(10-9-28)29-25(22)23)17(2)13-32(16)18(3)21-6-5-20(26)11-19(21)7-8-27/h5-6,11-12,15-18H,7,10,13-14H2,1-4H3/t16-,17+,18?/m1/s1. The summed E-state index contributed by atoms with van der Waals surface area (Å²) in [5.41, 5.74) is 3.72. The number of rotatable bonds is 5. The molecule has 0 amide bonds. The number of hydrogen-bond acceptors (Lipinski definition) is 6. The molecule has 0 spiro atoms. The van der Waals surface area contributed by atoms with Crippen LogP contribution in [0.4, 0.5) is 10.1 Å². The van der Waals surface area contributed by atoms with Crippen LogP contribution in [0, 0.1) is 28.5 Å².